The number of sulfonamides is 2. The van der Waals surface area contributed by atoms with Crippen LogP contribution in [0, 0.1) is 5.82 Å². The molecule has 33 heavy (non-hydrogen) atoms. The molecule has 0 aliphatic carbocycles. The number of rotatable bonds is 10. The van der Waals surface area contributed by atoms with Gasteiger partial charge in [0.1, 0.15) is 17.6 Å². The minimum absolute atomic E-state index is 0.0557. The molecule has 2 rings (SSSR count). The quantitative estimate of drug-likeness (QED) is 0.516. The monoisotopic (exact) mass is 501 g/mol. The third-order valence-corrected chi connectivity index (χ3v) is 7.38. The van der Waals surface area contributed by atoms with Crippen molar-refractivity contribution in [3.05, 3.63) is 48.3 Å². The van der Waals surface area contributed by atoms with E-state index >= 15 is 0 Å². The Hall–Kier alpha value is -2.70. The van der Waals surface area contributed by atoms with Gasteiger partial charge >= 0.3 is 0 Å². The summed E-state index contributed by atoms with van der Waals surface area (Å²) in [5, 5.41) is 2.58. The molecule has 9 nitrogen and oxygen atoms in total. The minimum atomic E-state index is -3.93. The molecule has 1 amide bonds. The summed E-state index contributed by atoms with van der Waals surface area (Å²) in [5.74, 6) is -1.08. The highest BCUT2D eigenvalue weighted by Crippen LogP contribution is 2.29. The number of benzene rings is 2. The van der Waals surface area contributed by atoms with Gasteiger partial charge in [-0.3, -0.25) is 9.10 Å². The summed E-state index contributed by atoms with van der Waals surface area (Å²) in [6.45, 7) is 4.96. The SMILES string of the molecule is CC[C@@H](C(=O)Nc1cc(S(=O)(=O)NC(C)C)ccc1OC)N(c1ccc(F)cc1)S(C)(=O)=O. The lowest BCUT2D eigenvalue weighted by Crippen LogP contribution is -2.47. The number of carbonyl (C=O) groups excluding carboxylic acids is 1. The molecule has 0 heterocycles. The Morgan fingerprint density at radius 1 is 1.09 bits per heavy atom. The predicted octanol–water partition coefficient (Wildman–Crippen LogP) is 2.70. The van der Waals surface area contributed by atoms with Crippen LogP contribution in [0.25, 0.3) is 0 Å². The van der Waals surface area contributed by atoms with Crippen LogP contribution < -0.4 is 19.1 Å². The molecule has 2 aromatic carbocycles. The zero-order valence-corrected chi connectivity index (χ0v) is 20.6. The maximum atomic E-state index is 13.4. The first kappa shape index (κ1) is 26.6. The molecule has 0 saturated heterocycles. The van der Waals surface area contributed by atoms with Crippen LogP contribution in [0.1, 0.15) is 27.2 Å². The highest BCUT2D eigenvalue weighted by atomic mass is 32.2. The van der Waals surface area contributed by atoms with E-state index in [4.69, 9.17) is 4.74 Å². The zero-order chi connectivity index (χ0) is 25.0. The molecule has 0 aromatic heterocycles. The fourth-order valence-electron chi connectivity index (χ4n) is 3.19. The summed E-state index contributed by atoms with van der Waals surface area (Å²) in [5.41, 5.74) is 0.172. The molecule has 0 saturated carbocycles. The lowest BCUT2D eigenvalue weighted by Gasteiger charge is -2.30. The fraction of sp³-hybridized carbons (Fsp3) is 0.381. The molecule has 0 aliphatic rings. The summed E-state index contributed by atoms with van der Waals surface area (Å²) in [6.07, 6.45) is 1.03. The van der Waals surface area contributed by atoms with Crippen LogP contribution in [0.2, 0.25) is 0 Å². The van der Waals surface area contributed by atoms with Crippen LogP contribution >= 0.6 is 0 Å². The maximum Gasteiger partial charge on any atom is 0.248 e. The second-order valence-corrected chi connectivity index (χ2v) is 11.2. The van der Waals surface area contributed by atoms with Crippen molar-refractivity contribution in [1.29, 1.82) is 0 Å². The van der Waals surface area contributed by atoms with Gasteiger partial charge in [-0.25, -0.2) is 25.9 Å². The van der Waals surface area contributed by atoms with Crippen molar-refractivity contribution in [2.24, 2.45) is 0 Å². The smallest absolute Gasteiger partial charge is 0.248 e. The van der Waals surface area contributed by atoms with Crippen LogP contribution in [0.15, 0.2) is 47.4 Å². The third kappa shape index (κ3) is 6.65. The number of ether oxygens (including phenoxy) is 1. The van der Waals surface area contributed by atoms with E-state index in [9.17, 15) is 26.0 Å². The number of amides is 1. The molecule has 2 aromatic rings. The molecule has 0 bridgehead atoms. The van der Waals surface area contributed by atoms with Crippen molar-refractivity contribution < 1.29 is 30.8 Å². The molecule has 0 radical (unpaired) electrons. The summed E-state index contributed by atoms with van der Waals surface area (Å²) < 4.78 is 72.1. The van der Waals surface area contributed by atoms with Crippen LogP contribution in [0.3, 0.4) is 0 Å². The van der Waals surface area contributed by atoms with Crippen molar-refractivity contribution in [3.8, 4) is 5.75 Å². The molecule has 0 fully saturated rings. The fourth-order valence-corrected chi connectivity index (χ4v) is 5.68. The summed E-state index contributed by atoms with van der Waals surface area (Å²) in [4.78, 5) is 13.1. The van der Waals surface area contributed by atoms with E-state index < -0.39 is 37.8 Å². The largest absolute Gasteiger partial charge is 0.495 e. The normalized spacial score (nSPS) is 12.9. The average molecular weight is 502 g/mol. The second-order valence-electron chi connectivity index (χ2n) is 7.59. The van der Waals surface area contributed by atoms with Gasteiger partial charge in [0.25, 0.3) is 0 Å². The molecule has 1 atom stereocenters. The first-order valence-electron chi connectivity index (χ1n) is 10.1. The average Bonchev–Trinajstić information content (AvgIpc) is 2.70. The number of methoxy groups -OCH3 is 1. The minimum Gasteiger partial charge on any atom is -0.495 e. The van der Waals surface area contributed by atoms with Gasteiger partial charge in [-0.1, -0.05) is 6.92 Å². The zero-order valence-electron chi connectivity index (χ0n) is 19.0. The van der Waals surface area contributed by atoms with Gasteiger partial charge in [0.15, 0.2) is 0 Å². The van der Waals surface area contributed by atoms with E-state index in [0.717, 1.165) is 22.7 Å². The summed E-state index contributed by atoms with van der Waals surface area (Å²) in [7, 11) is -6.43. The Labute approximate surface area is 194 Å². The van der Waals surface area contributed by atoms with Gasteiger partial charge in [0, 0.05) is 6.04 Å². The van der Waals surface area contributed by atoms with Gasteiger partial charge in [-0.05, 0) is 62.7 Å². The molecular weight excluding hydrogens is 473 g/mol. The van der Waals surface area contributed by atoms with E-state index in [0.29, 0.717) is 0 Å². The number of hydrogen-bond acceptors (Lipinski definition) is 6. The second kappa shape index (κ2) is 10.5. The highest BCUT2D eigenvalue weighted by molar-refractivity contribution is 7.92. The van der Waals surface area contributed by atoms with Gasteiger partial charge in [-0.2, -0.15) is 0 Å². The summed E-state index contributed by atoms with van der Waals surface area (Å²) >= 11 is 0. The van der Waals surface area contributed by atoms with Crippen LogP contribution in [0.4, 0.5) is 15.8 Å². The van der Waals surface area contributed by atoms with Crippen molar-refractivity contribution in [3.63, 3.8) is 0 Å². The van der Waals surface area contributed by atoms with Crippen LogP contribution in [0.5, 0.6) is 5.75 Å². The van der Waals surface area contributed by atoms with Gasteiger partial charge in [0.2, 0.25) is 26.0 Å². The number of nitrogens with zero attached hydrogens (tertiary/aromatic N) is 1. The van der Waals surface area contributed by atoms with Gasteiger partial charge in [0.05, 0.1) is 29.6 Å². The third-order valence-electron chi connectivity index (χ3n) is 4.54. The molecular formula is C21H28FN3O6S2. The highest BCUT2D eigenvalue weighted by Gasteiger charge is 2.32. The van der Waals surface area contributed by atoms with E-state index in [-0.39, 0.29) is 34.5 Å². The molecule has 0 unspecified atom stereocenters. The standard InChI is InChI=1S/C21H28FN3O6S2/c1-6-19(25(32(5,27)28)16-9-7-15(22)8-10-16)21(26)23-18-13-17(11-12-20(18)31-4)33(29,30)24-14(2)3/h7-14,19,24H,6H2,1-5H3,(H,23,26)/t19-/m0/s1. The van der Waals surface area contributed by atoms with Crippen LogP contribution in [-0.4, -0.2) is 48.2 Å². The van der Waals surface area contributed by atoms with E-state index in [1.165, 1.54) is 37.4 Å². The number of hydrogen-bond donors (Lipinski definition) is 2. The summed E-state index contributed by atoms with van der Waals surface area (Å²) in [6, 6.07) is 7.13. The Balaban J connectivity index is 2.47. The van der Waals surface area contributed by atoms with Crippen molar-refractivity contribution in [2.75, 3.05) is 23.0 Å². The molecule has 0 spiro atoms. The van der Waals surface area contributed by atoms with E-state index in [2.05, 4.69) is 10.0 Å². The van der Waals surface area contributed by atoms with Crippen molar-refractivity contribution >= 4 is 37.3 Å². The Bertz CT molecular complexity index is 1200. The molecule has 12 heteroatoms. The Morgan fingerprint density at radius 3 is 2.18 bits per heavy atom. The van der Waals surface area contributed by atoms with Crippen molar-refractivity contribution in [2.45, 2.75) is 44.2 Å². The van der Waals surface area contributed by atoms with Gasteiger partial charge < -0.3 is 10.1 Å². The molecule has 2 N–H and O–H groups in total. The lowest BCUT2D eigenvalue weighted by atomic mass is 10.1. The predicted molar refractivity (Wildman–Crippen MR) is 125 cm³/mol. The first-order valence-corrected chi connectivity index (χ1v) is 13.4. The van der Waals surface area contributed by atoms with Crippen LogP contribution in [-0.2, 0) is 24.8 Å². The number of nitrogens with one attached hydrogen (secondary N) is 2. The van der Waals surface area contributed by atoms with E-state index in [1.54, 1.807) is 20.8 Å². The van der Waals surface area contributed by atoms with Crippen molar-refractivity contribution in [1.82, 2.24) is 4.72 Å². The Kier molecular flexibility index (Phi) is 8.44. The molecule has 182 valence electrons. The number of carbonyl (C=O) groups is 1. The maximum absolute atomic E-state index is 13.4. The topological polar surface area (TPSA) is 122 Å². The number of halogens is 1. The van der Waals surface area contributed by atoms with E-state index in [1.807, 2.05) is 0 Å². The first-order chi connectivity index (χ1) is 15.3. The Morgan fingerprint density at radius 2 is 1.70 bits per heavy atom. The van der Waals surface area contributed by atoms with Gasteiger partial charge in [-0.15, -0.1) is 0 Å². The number of anilines is 2. The molecule has 0 aliphatic heterocycles. The lowest BCUT2D eigenvalue weighted by molar-refractivity contribution is -0.117.